The van der Waals surface area contributed by atoms with E-state index >= 15 is 4.39 Å². The van der Waals surface area contributed by atoms with Crippen molar-refractivity contribution in [1.29, 1.82) is 0 Å². The van der Waals surface area contributed by atoms with Gasteiger partial charge in [0.1, 0.15) is 6.17 Å². The van der Waals surface area contributed by atoms with Crippen LogP contribution in [0.1, 0.15) is 103 Å². The molecular weight excluding hydrogens is 323 g/mol. The highest BCUT2D eigenvalue weighted by atomic mass is 19.1. The van der Waals surface area contributed by atoms with Gasteiger partial charge in [-0.15, -0.1) is 0 Å². The van der Waals surface area contributed by atoms with Crippen LogP contribution in [0.15, 0.2) is 0 Å². The molecule has 3 aliphatic rings. The zero-order valence-corrected chi connectivity index (χ0v) is 17.4. The molecule has 3 unspecified atom stereocenters. The summed E-state index contributed by atoms with van der Waals surface area (Å²) in [7, 11) is 1.83. The van der Waals surface area contributed by atoms with Crippen molar-refractivity contribution in [3.05, 3.63) is 0 Å². The van der Waals surface area contributed by atoms with Crippen LogP contribution in [0.3, 0.4) is 0 Å². The van der Waals surface area contributed by atoms with Crippen molar-refractivity contribution in [2.24, 2.45) is 29.6 Å². The summed E-state index contributed by atoms with van der Waals surface area (Å²) >= 11 is 0. The number of methoxy groups -OCH3 is 1. The predicted octanol–water partition coefficient (Wildman–Crippen LogP) is 7.33. The van der Waals surface area contributed by atoms with Crippen molar-refractivity contribution < 1.29 is 9.13 Å². The molecule has 0 aliphatic heterocycles. The summed E-state index contributed by atoms with van der Waals surface area (Å²) in [5.74, 6) is 3.49. The van der Waals surface area contributed by atoms with E-state index < -0.39 is 6.17 Å². The number of halogens is 1. The second-order valence-corrected chi connectivity index (χ2v) is 9.80. The Labute approximate surface area is 161 Å². The Kier molecular flexibility index (Phi) is 8.28. The lowest BCUT2D eigenvalue weighted by Gasteiger charge is -2.43. The molecule has 0 N–H and O–H groups in total. The summed E-state index contributed by atoms with van der Waals surface area (Å²) < 4.78 is 20.6. The van der Waals surface area contributed by atoms with Crippen molar-refractivity contribution >= 4 is 0 Å². The minimum atomic E-state index is -0.528. The minimum Gasteiger partial charge on any atom is -0.381 e. The maximum atomic E-state index is 15.1. The molecule has 0 heterocycles. The van der Waals surface area contributed by atoms with E-state index in [9.17, 15) is 0 Å². The van der Waals surface area contributed by atoms with Gasteiger partial charge in [-0.2, -0.15) is 0 Å². The fourth-order valence-electron chi connectivity index (χ4n) is 6.51. The van der Waals surface area contributed by atoms with Gasteiger partial charge in [-0.05, 0) is 87.4 Å². The lowest BCUT2D eigenvalue weighted by atomic mass is 9.64. The molecule has 0 radical (unpaired) electrons. The van der Waals surface area contributed by atoms with Gasteiger partial charge in [-0.1, -0.05) is 45.4 Å². The van der Waals surface area contributed by atoms with Crippen molar-refractivity contribution in [1.82, 2.24) is 0 Å². The van der Waals surface area contributed by atoms with E-state index in [-0.39, 0.29) is 0 Å². The molecule has 152 valence electrons. The van der Waals surface area contributed by atoms with Gasteiger partial charge in [0.05, 0.1) is 6.10 Å². The number of hydrogen-bond donors (Lipinski definition) is 0. The predicted molar refractivity (Wildman–Crippen MR) is 108 cm³/mol. The summed E-state index contributed by atoms with van der Waals surface area (Å²) in [5, 5.41) is 0. The van der Waals surface area contributed by atoms with Gasteiger partial charge in [0.2, 0.25) is 0 Å². The quantitative estimate of drug-likeness (QED) is 0.428. The molecule has 3 aliphatic carbocycles. The average Bonchev–Trinajstić information content (AvgIpc) is 2.69. The summed E-state index contributed by atoms with van der Waals surface area (Å²) in [6.07, 6.45) is 19.2. The molecule has 2 heteroatoms. The lowest BCUT2D eigenvalue weighted by Crippen LogP contribution is -2.37. The number of alkyl halides is 1. The van der Waals surface area contributed by atoms with Crippen LogP contribution in [-0.2, 0) is 4.74 Å². The van der Waals surface area contributed by atoms with Gasteiger partial charge in [0.15, 0.2) is 0 Å². The Hall–Kier alpha value is -0.110. The maximum Gasteiger partial charge on any atom is 0.103 e. The van der Waals surface area contributed by atoms with Crippen LogP contribution in [0, 0.1) is 29.6 Å². The van der Waals surface area contributed by atoms with Crippen LogP contribution in [0.5, 0.6) is 0 Å². The Bertz CT molecular complexity index is 382. The highest BCUT2D eigenvalue weighted by Gasteiger charge is 2.40. The van der Waals surface area contributed by atoms with Crippen LogP contribution >= 0.6 is 0 Å². The summed E-state index contributed by atoms with van der Waals surface area (Å²) in [5.41, 5.74) is 0. The van der Waals surface area contributed by atoms with Gasteiger partial charge in [-0.3, -0.25) is 0 Å². The third-order valence-electron chi connectivity index (χ3n) is 8.29. The molecule has 0 aromatic heterocycles. The SMILES string of the molecule is CCCCCC1CCC(C2CCC(C3CCC(OC)CC3)C(F)C2)CC1. The molecule has 0 spiro atoms. The first kappa shape index (κ1) is 20.6. The Balaban J connectivity index is 1.39. The van der Waals surface area contributed by atoms with Gasteiger partial charge >= 0.3 is 0 Å². The van der Waals surface area contributed by atoms with E-state index in [1.54, 1.807) is 0 Å². The third-order valence-corrected chi connectivity index (χ3v) is 8.29. The van der Waals surface area contributed by atoms with E-state index in [1.165, 1.54) is 70.6 Å². The lowest BCUT2D eigenvalue weighted by molar-refractivity contribution is 0.00613. The number of unbranched alkanes of at least 4 members (excludes halogenated alkanes) is 2. The standard InChI is InChI=1S/C24H43FO/c1-3-4-5-6-18-7-9-19(10-8-18)21-13-16-23(24(25)17-21)20-11-14-22(26-2)15-12-20/h18-24H,3-17H2,1-2H3. The van der Waals surface area contributed by atoms with Crippen molar-refractivity contribution in [2.45, 2.75) is 116 Å². The molecule has 26 heavy (non-hydrogen) atoms. The number of hydrogen-bond acceptors (Lipinski definition) is 1. The monoisotopic (exact) mass is 366 g/mol. The van der Waals surface area contributed by atoms with Crippen molar-refractivity contribution in [3.8, 4) is 0 Å². The second kappa shape index (κ2) is 10.4. The van der Waals surface area contributed by atoms with E-state index in [1.807, 2.05) is 7.11 Å². The van der Waals surface area contributed by atoms with E-state index in [0.29, 0.717) is 23.9 Å². The Morgan fingerprint density at radius 2 is 1.42 bits per heavy atom. The first-order valence-corrected chi connectivity index (χ1v) is 11.9. The molecule has 1 nitrogen and oxygen atoms in total. The van der Waals surface area contributed by atoms with Gasteiger partial charge < -0.3 is 4.74 Å². The minimum absolute atomic E-state index is 0.356. The molecule has 3 rings (SSSR count). The highest BCUT2D eigenvalue weighted by Crippen LogP contribution is 2.47. The summed E-state index contributed by atoms with van der Waals surface area (Å²) in [4.78, 5) is 0. The first-order valence-electron chi connectivity index (χ1n) is 11.9. The van der Waals surface area contributed by atoms with Gasteiger partial charge in [0.25, 0.3) is 0 Å². The van der Waals surface area contributed by atoms with E-state index in [4.69, 9.17) is 4.74 Å². The zero-order valence-electron chi connectivity index (χ0n) is 17.4. The van der Waals surface area contributed by atoms with Crippen LogP contribution in [0.25, 0.3) is 0 Å². The van der Waals surface area contributed by atoms with Crippen LogP contribution in [0.2, 0.25) is 0 Å². The largest absolute Gasteiger partial charge is 0.381 e. The molecule has 0 saturated heterocycles. The molecule has 0 amide bonds. The second-order valence-electron chi connectivity index (χ2n) is 9.80. The van der Waals surface area contributed by atoms with E-state index in [0.717, 1.165) is 37.5 Å². The average molecular weight is 367 g/mol. The molecule has 3 saturated carbocycles. The van der Waals surface area contributed by atoms with Crippen LogP contribution in [-0.4, -0.2) is 19.4 Å². The molecule has 0 aromatic carbocycles. The molecule has 3 fully saturated rings. The van der Waals surface area contributed by atoms with Crippen LogP contribution < -0.4 is 0 Å². The Morgan fingerprint density at radius 1 is 0.769 bits per heavy atom. The fraction of sp³-hybridized carbons (Fsp3) is 1.00. The normalized spacial score (nSPS) is 41.9. The van der Waals surface area contributed by atoms with Gasteiger partial charge in [-0.25, -0.2) is 4.39 Å². The van der Waals surface area contributed by atoms with Crippen LogP contribution in [0.4, 0.5) is 4.39 Å². The smallest absolute Gasteiger partial charge is 0.103 e. The topological polar surface area (TPSA) is 9.23 Å². The van der Waals surface area contributed by atoms with Crippen molar-refractivity contribution in [2.75, 3.05) is 7.11 Å². The Morgan fingerprint density at radius 3 is 2.04 bits per heavy atom. The number of rotatable bonds is 7. The summed E-state index contributed by atoms with van der Waals surface area (Å²) in [6.45, 7) is 2.30. The zero-order chi connectivity index (χ0) is 18.4. The molecular formula is C24H43FO. The van der Waals surface area contributed by atoms with E-state index in [2.05, 4.69) is 6.92 Å². The summed E-state index contributed by atoms with van der Waals surface area (Å²) in [6, 6.07) is 0. The molecule has 3 atom stereocenters. The highest BCUT2D eigenvalue weighted by molar-refractivity contribution is 4.90. The number of ether oxygens (including phenoxy) is 1. The first-order chi connectivity index (χ1) is 12.7. The molecule has 0 bridgehead atoms. The molecule has 0 aromatic rings. The maximum absolute atomic E-state index is 15.1. The third kappa shape index (κ3) is 5.46. The fourth-order valence-corrected chi connectivity index (χ4v) is 6.51. The van der Waals surface area contributed by atoms with Gasteiger partial charge in [0, 0.05) is 7.11 Å². The van der Waals surface area contributed by atoms with Crippen molar-refractivity contribution in [3.63, 3.8) is 0 Å².